The predicted octanol–water partition coefficient (Wildman–Crippen LogP) is 3.08. The molecule has 0 radical (unpaired) electrons. The second-order valence-electron chi connectivity index (χ2n) is 6.17. The fraction of sp³-hybridized carbons (Fsp3) is 0.600. The normalized spacial score (nSPS) is 14.1. The van der Waals surface area contributed by atoms with Gasteiger partial charge in [0.25, 0.3) is 0 Å². The molecule has 0 aliphatic carbocycles. The Morgan fingerprint density at radius 1 is 1.15 bits per heavy atom. The first-order valence-electron chi connectivity index (χ1n) is 7.00. The highest BCUT2D eigenvalue weighted by molar-refractivity contribution is 7.89. The second-order valence-corrected chi connectivity index (χ2v) is 7.94. The van der Waals surface area contributed by atoms with Crippen molar-refractivity contribution in [3.8, 4) is 0 Å². The van der Waals surface area contributed by atoms with Gasteiger partial charge in [-0.1, -0.05) is 27.7 Å². The Balaban J connectivity index is 2.74. The molecule has 0 aromatic heterocycles. The highest BCUT2D eigenvalue weighted by atomic mass is 32.2. The first-order chi connectivity index (χ1) is 9.16. The fourth-order valence-corrected chi connectivity index (χ4v) is 2.71. The van der Waals surface area contributed by atoms with E-state index in [2.05, 4.69) is 37.7 Å². The summed E-state index contributed by atoms with van der Waals surface area (Å²) in [7, 11) is -3.43. The molecule has 0 heterocycles. The molecule has 2 N–H and O–H groups in total. The van der Waals surface area contributed by atoms with E-state index < -0.39 is 10.0 Å². The first-order valence-corrected chi connectivity index (χ1v) is 8.48. The van der Waals surface area contributed by atoms with Crippen LogP contribution in [0.1, 0.15) is 34.6 Å². The quantitative estimate of drug-likeness (QED) is 0.848. The van der Waals surface area contributed by atoms with Crippen LogP contribution < -0.4 is 10.0 Å². The first kappa shape index (κ1) is 17.0. The minimum Gasteiger partial charge on any atom is -0.385 e. The zero-order valence-corrected chi connectivity index (χ0v) is 13.8. The third-order valence-corrected chi connectivity index (χ3v) is 5.04. The number of hydrogen-bond donors (Lipinski definition) is 2. The van der Waals surface area contributed by atoms with E-state index >= 15 is 0 Å². The lowest BCUT2D eigenvalue weighted by atomic mass is 9.82. The maximum Gasteiger partial charge on any atom is 0.240 e. The Morgan fingerprint density at radius 2 is 1.70 bits per heavy atom. The molecule has 1 rings (SSSR count). The monoisotopic (exact) mass is 298 g/mol. The van der Waals surface area contributed by atoms with Crippen LogP contribution in [0.5, 0.6) is 0 Å². The third-order valence-electron chi connectivity index (χ3n) is 3.60. The predicted molar refractivity (Wildman–Crippen MR) is 84.4 cm³/mol. The van der Waals surface area contributed by atoms with Crippen molar-refractivity contribution in [3.05, 3.63) is 24.3 Å². The molecular weight excluding hydrogens is 272 g/mol. The topological polar surface area (TPSA) is 58.2 Å². The summed E-state index contributed by atoms with van der Waals surface area (Å²) in [4.78, 5) is 0.306. The average molecular weight is 298 g/mol. The van der Waals surface area contributed by atoms with Crippen molar-refractivity contribution in [2.45, 2.75) is 39.5 Å². The maximum atomic E-state index is 12.2. The summed E-state index contributed by atoms with van der Waals surface area (Å²) in [6, 6.07) is 6.82. The lowest BCUT2D eigenvalue weighted by molar-refractivity contribution is 0.263. The Hall–Kier alpha value is -1.07. The van der Waals surface area contributed by atoms with Crippen molar-refractivity contribution in [1.82, 2.24) is 4.72 Å². The molecule has 114 valence electrons. The van der Waals surface area contributed by atoms with E-state index in [0.29, 0.717) is 11.4 Å². The van der Waals surface area contributed by atoms with Crippen LogP contribution in [-0.2, 0) is 10.0 Å². The highest BCUT2D eigenvalue weighted by Crippen LogP contribution is 2.25. The lowest BCUT2D eigenvalue weighted by Crippen LogP contribution is -2.33. The molecule has 1 aromatic rings. The van der Waals surface area contributed by atoms with E-state index in [4.69, 9.17) is 0 Å². The van der Waals surface area contributed by atoms with Crippen LogP contribution in [0.25, 0.3) is 0 Å². The maximum absolute atomic E-state index is 12.2. The van der Waals surface area contributed by atoms with Crippen LogP contribution in [0.15, 0.2) is 29.2 Å². The summed E-state index contributed by atoms with van der Waals surface area (Å²) in [5, 5.41) is 3.14. The molecular formula is C15H26N2O2S. The van der Waals surface area contributed by atoms with E-state index in [-0.39, 0.29) is 11.3 Å². The third kappa shape index (κ3) is 4.80. The van der Waals surface area contributed by atoms with Gasteiger partial charge in [-0.3, -0.25) is 0 Å². The van der Waals surface area contributed by atoms with Crippen molar-refractivity contribution < 1.29 is 8.42 Å². The Labute approximate surface area is 123 Å². The van der Waals surface area contributed by atoms with Crippen LogP contribution in [-0.4, -0.2) is 21.5 Å². The summed E-state index contributed by atoms with van der Waals surface area (Å²) < 4.78 is 27.1. The van der Waals surface area contributed by atoms with Gasteiger partial charge < -0.3 is 5.32 Å². The number of sulfonamides is 1. The number of anilines is 1. The van der Waals surface area contributed by atoms with Crippen LogP contribution in [0, 0.1) is 11.3 Å². The SMILES string of the molecule is CCNc1ccc(S(=O)(=O)NCC(C)C(C)(C)C)cc1. The van der Waals surface area contributed by atoms with Crippen LogP contribution in [0.4, 0.5) is 5.69 Å². The molecule has 0 bridgehead atoms. The van der Waals surface area contributed by atoms with Gasteiger partial charge in [-0.05, 0) is 42.5 Å². The second kappa shape index (κ2) is 6.59. The molecule has 0 saturated heterocycles. The van der Waals surface area contributed by atoms with E-state index in [9.17, 15) is 8.42 Å². The zero-order valence-electron chi connectivity index (χ0n) is 13.0. The largest absolute Gasteiger partial charge is 0.385 e. The minimum atomic E-state index is -3.43. The van der Waals surface area contributed by atoms with Gasteiger partial charge >= 0.3 is 0 Å². The fourth-order valence-electron chi connectivity index (χ4n) is 1.58. The van der Waals surface area contributed by atoms with Gasteiger partial charge in [-0.2, -0.15) is 0 Å². The van der Waals surface area contributed by atoms with Gasteiger partial charge in [0.05, 0.1) is 4.90 Å². The Morgan fingerprint density at radius 3 is 2.15 bits per heavy atom. The van der Waals surface area contributed by atoms with Gasteiger partial charge in [0, 0.05) is 18.8 Å². The number of rotatable bonds is 6. The molecule has 1 aromatic carbocycles. The van der Waals surface area contributed by atoms with Crippen molar-refractivity contribution in [2.24, 2.45) is 11.3 Å². The number of hydrogen-bond acceptors (Lipinski definition) is 3. The van der Waals surface area contributed by atoms with E-state index in [1.165, 1.54) is 0 Å². The van der Waals surface area contributed by atoms with Crippen LogP contribution >= 0.6 is 0 Å². The van der Waals surface area contributed by atoms with E-state index in [1.54, 1.807) is 24.3 Å². The molecule has 0 aliphatic heterocycles. The molecule has 0 fully saturated rings. The van der Waals surface area contributed by atoms with Crippen LogP contribution in [0.2, 0.25) is 0 Å². The number of benzene rings is 1. The van der Waals surface area contributed by atoms with Gasteiger partial charge in [-0.15, -0.1) is 0 Å². The van der Waals surface area contributed by atoms with Gasteiger partial charge in [0.1, 0.15) is 0 Å². The zero-order chi connectivity index (χ0) is 15.4. The lowest BCUT2D eigenvalue weighted by Gasteiger charge is -2.27. The Kier molecular flexibility index (Phi) is 5.59. The van der Waals surface area contributed by atoms with Gasteiger partial charge in [0.15, 0.2) is 0 Å². The average Bonchev–Trinajstić information content (AvgIpc) is 2.36. The van der Waals surface area contributed by atoms with Crippen molar-refractivity contribution >= 4 is 15.7 Å². The van der Waals surface area contributed by atoms with Crippen molar-refractivity contribution in [1.29, 1.82) is 0 Å². The van der Waals surface area contributed by atoms with Crippen molar-refractivity contribution in [3.63, 3.8) is 0 Å². The van der Waals surface area contributed by atoms with Gasteiger partial charge in [-0.25, -0.2) is 13.1 Å². The molecule has 1 atom stereocenters. The molecule has 20 heavy (non-hydrogen) atoms. The highest BCUT2D eigenvalue weighted by Gasteiger charge is 2.22. The smallest absolute Gasteiger partial charge is 0.240 e. The standard InChI is InChI=1S/C15H26N2O2S/c1-6-16-13-7-9-14(10-8-13)20(18,19)17-11-12(2)15(3,4)5/h7-10,12,16-17H,6,11H2,1-5H3. The number of nitrogens with one attached hydrogen (secondary N) is 2. The van der Waals surface area contributed by atoms with Crippen molar-refractivity contribution in [2.75, 3.05) is 18.4 Å². The molecule has 0 amide bonds. The summed E-state index contributed by atoms with van der Waals surface area (Å²) in [6.45, 7) is 11.6. The molecule has 0 saturated carbocycles. The van der Waals surface area contributed by atoms with E-state index in [0.717, 1.165) is 12.2 Å². The summed E-state index contributed by atoms with van der Waals surface area (Å²) >= 11 is 0. The molecule has 0 aliphatic rings. The van der Waals surface area contributed by atoms with Crippen LogP contribution in [0.3, 0.4) is 0 Å². The molecule has 0 spiro atoms. The minimum absolute atomic E-state index is 0.0808. The molecule has 4 nitrogen and oxygen atoms in total. The molecule has 1 unspecified atom stereocenters. The summed E-state index contributed by atoms with van der Waals surface area (Å²) in [6.07, 6.45) is 0. The Bertz CT molecular complexity index is 516. The van der Waals surface area contributed by atoms with Gasteiger partial charge in [0.2, 0.25) is 10.0 Å². The van der Waals surface area contributed by atoms with E-state index in [1.807, 2.05) is 6.92 Å². The summed E-state index contributed by atoms with van der Waals surface area (Å²) in [5.41, 5.74) is 1.01. The molecule has 5 heteroatoms. The summed E-state index contributed by atoms with van der Waals surface area (Å²) in [5.74, 6) is 0.262.